The molecular weight excluding hydrogens is 497 g/mol. The van der Waals surface area contributed by atoms with E-state index < -0.39 is 5.95 Å². The largest absolute Gasteiger partial charge is 0.390 e. The van der Waals surface area contributed by atoms with Crippen LogP contribution in [0.4, 0.5) is 10.1 Å². The van der Waals surface area contributed by atoms with Crippen LogP contribution in [0.2, 0.25) is 5.02 Å². The summed E-state index contributed by atoms with van der Waals surface area (Å²) in [7, 11) is 0. The van der Waals surface area contributed by atoms with Crippen LogP contribution < -0.4 is 10.9 Å². The van der Waals surface area contributed by atoms with Crippen LogP contribution in [0.1, 0.15) is 83.0 Å². The molecule has 1 saturated heterocycles. The highest BCUT2D eigenvalue weighted by atomic mass is 35.5. The van der Waals surface area contributed by atoms with Gasteiger partial charge in [0.15, 0.2) is 0 Å². The van der Waals surface area contributed by atoms with Crippen LogP contribution >= 0.6 is 11.6 Å². The number of ether oxygens (including phenoxy) is 1. The molecule has 10 heteroatoms. The first kappa shape index (κ1) is 29.0. The number of oxime groups is 1. The fraction of sp³-hybridized carbons (Fsp3) is 0.630. The Balaban J connectivity index is 0.000000222. The van der Waals surface area contributed by atoms with Gasteiger partial charge in [-0.1, -0.05) is 36.0 Å². The molecule has 8 nitrogen and oxygen atoms in total. The molecule has 0 bridgehead atoms. The summed E-state index contributed by atoms with van der Waals surface area (Å²) in [5.74, 6) is -0.00742. The molecule has 0 amide bonds. The minimum Gasteiger partial charge on any atom is -0.390 e. The zero-order valence-electron chi connectivity index (χ0n) is 22.3. The van der Waals surface area contributed by atoms with E-state index in [1.54, 1.807) is 23.9 Å². The highest BCUT2D eigenvalue weighted by Crippen LogP contribution is 2.27. The highest BCUT2D eigenvalue weighted by Gasteiger charge is 2.20. The Labute approximate surface area is 223 Å². The summed E-state index contributed by atoms with van der Waals surface area (Å²) in [6.07, 6.45) is 11.1. The summed E-state index contributed by atoms with van der Waals surface area (Å²) >= 11 is 6.27. The topological polar surface area (TPSA) is 90.6 Å². The molecule has 1 atom stereocenters. The van der Waals surface area contributed by atoms with Crippen molar-refractivity contribution in [3.63, 3.8) is 0 Å². The molecule has 2 aromatic rings. The molecule has 0 radical (unpaired) electrons. The zero-order chi connectivity index (χ0) is 26.8. The van der Waals surface area contributed by atoms with Gasteiger partial charge in [0.05, 0.1) is 30.7 Å². The Hall–Kier alpha value is -2.52. The number of nitrogens with zero attached hydrogens (tertiary/aromatic N) is 4. The number of rotatable bonds is 6. The average Bonchev–Trinajstić information content (AvgIpc) is 2.87. The molecule has 3 heterocycles. The predicted octanol–water partition coefficient (Wildman–Crippen LogP) is 5.92. The van der Waals surface area contributed by atoms with Crippen molar-refractivity contribution in [1.29, 1.82) is 0 Å². The summed E-state index contributed by atoms with van der Waals surface area (Å²) < 4.78 is 19.7. The molecule has 37 heavy (non-hydrogen) atoms. The van der Waals surface area contributed by atoms with Crippen LogP contribution in [0.15, 0.2) is 28.3 Å². The fourth-order valence-electron chi connectivity index (χ4n) is 4.30. The molecular formula is C27H39ClFN5O3. The van der Waals surface area contributed by atoms with E-state index in [2.05, 4.69) is 20.6 Å². The minimum atomic E-state index is -0.485. The van der Waals surface area contributed by atoms with Crippen LogP contribution in [-0.4, -0.2) is 46.3 Å². The van der Waals surface area contributed by atoms with Crippen LogP contribution in [0.25, 0.3) is 0 Å². The van der Waals surface area contributed by atoms with Crippen molar-refractivity contribution in [2.24, 2.45) is 11.1 Å². The predicted molar refractivity (Wildman–Crippen MR) is 145 cm³/mol. The molecule has 1 aliphatic carbocycles. The van der Waals surface area contributed by atoms with Gasteiger partial charge in [-0.2, -0.15) is 9.49 Å². The number of hydrogen-bond acceptors (Lipinski definition) is 7. The first-order valence-corrected chi connectivity index (χ1v) is 13.5. The Morgan fingerprint density at radius 2 is 2.00 bits per heavy atom. The van der Waals surface area contributed by atoms with Crippen molar-refractivity contribution in [3.8, 4) is 0 Å². The number of halogens is 2. The van der Waals surface area contributed by atoms with E-state index in [9.17, 15) is 9.18 Å². The van der Waals surface area contributed by atoms with Gasteiger partial charge in [0.1, 0.15) is 10.6 Å². The van der Waals surface area contributed by atoms with Gasteiger partial charge in [-0.15, -0.1) is 0 Å². The molecule has 204 valence electrons. The van der Waals surface area contributed by atoms with Crippen molar-refractivity contribution in [1.82, 2.24) is 14.8 Å². The van der Waals surface area contributed by atoms with Crippen LogP contribution in [-0.2, 0) is 9.57 Å². The molecule has 4 rings (SSSR count). The first-order valence-electron chi connectivity index (χ1n) is 13.1. The van der Waals surface area contributed by atoms with E-state index in [0.29, 0.717) is 17.3 Å². The molecule has 2 aromatic heterocycles. The van der Waals surface area contributed by atoms with Gasteiger partial charge in [-0.3, -0.25) is 4.79 Å². The lowest BCUT2D eigenvalue weighted by molar-refractivity contribution is 0.00198. The molecule has 2 aliphatic rings. The van der Waals surface area contributed by atoms with Gasteiger partial charge < -0.3 is 14.9 Å². The lowest BCUT2D eigenvalue weighted by Gasteiger charge is -2.24. The monoisotopic (exact) mass is 535 g/mol. The second-order valence-corrected chi connectivity index (χ2v) is 11.0. The smallest absolute Gasteiger partial charge is 0.287 e. The van der Waals surface area contributed by atoms with Gasteiger partial charge in [-0.05, 0) is 71.4 Å². The Morgan fingerprint density at radius 1 is 1.24 bits per heavy atom. The van der Waals surface area contributed by atoms with Crippen LogP contribution in [0, 0.1) is 18.8 Å². The first-order chi connectivity index (χ1) is 17.6. The number of nitrogens with one attached hydrogen (secondary N) is 1. The SMILES string of the molecule is Cc1nc(F)ccc1/C=N/OC(C)(C)C.O=c1c(Cl)c(NCC2CCCOC2)cnn1C1CCCCC1. The summed E-state index contributed by atoms with van der Waals surface area (Å²) in [6.45, 7) is 9.84. The van der Waals surface area contributed by atoms with Gasteiger partial charge in [0.2, 0.25) is 5.95 Å². The quantitative estimate of drug-likeness (QED) is 0.280. The summed E-state index contributed by atoms with van der Waals surface area (Å²) in [5.41, 5.74) is 1.50. The third-order valence-electron chi connectivity index (χ3n) is 6.31. The molecule has 2 fully saturated rings. The van der Waals surface area contributed by atoms with E-state index >= 15 is 0 Å². The number of pyridine rings is 1. The third kappa shape index (κ3) is 9.38. The van der Waals surface area contributed by atoms with E-state index in [4.69, 9.17) is 21.2 Å². The van der Waals surface area contributed by atoms with Crippen LogP contribution in [0.5, 0.6) is 0 Å². The Kier molecular flexibility index (Phi) is 10.9. The van der Waals surface area contributed by atoms with Crippen molar-refractivity contribution >= 4 is 23.5 Å². The van der Waals surface area contributed by atoms with E-state index in [-0.39, 0.29) is 22.2 Å². The molecule has 0 spiro atoms. The van der Waals surface area contributed by atoms with E-state index in [1.165, 1.54) is 18.7 Å². The van der Waals surface area contributed by atoms with Gasteiger partial charge in [-0.25, -0.2) is 9.67 Å². The molecule has 1 unspecified atom stereocenters. The maximum Gasteiger partial charge on any atom is 0.287 e. The van der Waals surface area contributed by atoms with Gasteiger partial charge in [0, 0.05) is 24.4 Å². The molecule has 1 aliphatic heterocycles. The lowest BCUT2D eigenvalue weighted by atomic mass is 9.96. The molecule has 1 N–H and O–H groups in total. The Morgan fingerprint density at radius 3 is 2.65 bits per heavy atom. The number of anilines is 1. The molecule has 1 saturated carbocycles. The van der Waals surface area contributed by atoms with Gasteiger partial charge >= 0.3 is 0 Å². The van der Waals surface area contributed by atoms with Crippen molar-refractivity contribution in [3.05, 3.63) is 50.9 Å². The molecule has 0 aromatic carbocycles. The van der Waals surface area contributed by atoms with Crippen molar-refractivity contribution < 1.29 is 14.0 Å². The second kappa shape index (κ2) is 13.9. The maximum atomic E-state index is 12.7. The number of hydrogen-bond donors (Lipinski definition) is 1. The van der Waals surface area contributed by atoms with E-state index in [0.717, 1.165) is 63.8 Å². The highest BCUT2D eigenvalue weighted by molar-refractivity contribution is 6.32. The summed E-state index contributed by atoms with van der Waals surface area (Å²) in [6, 6.07) is 3.12. The Bertz CT molecular complexity index is 1090. The number of aryl methyl sites for hydroxylation is 1. The second-order valence-electron chi connectivity index (χ2n) is 10.6. The van der Waals surface area contributed by atoms with Crippen LogP contribution in [0.3, 0.4) is 0 Å². The summed E-state index contributed by atoms with van der Waals surface area (Å²) in [5, 5.41) is 11.7. The minimum absolute atomic E-state index is 0.168. The van der Waals surface area contributed by atoms with Crippen molar-refractivity contribution in [2.75, 3.05) is 25.1 Å². The fourth-order valence-corrected chi connectivity index (χ4v) is 4.50. The standard InChI is InChI=1S/C16H24ClN3O2.C11H15FN2O/c17-15-14(18-9-12-5-4-8-22-11-12)10-19-20(16(15)21)13-6-2-1-3-7-13;1-8-9(5-6-10(12)14-8)7-13-15-11(2,3)4/h10,12-13,18H,1-9,11H2;5-7H,1-4H3/b;13-7+. The third-order valence-corrected chi connectivity index (χ3v) is 6.68. The number of aromatic nitrogens is 3. The maximum absolute atomic E-state index is 12.7. The zero-order valence-corrected chi connectivity index (χ0v) is 23.1. The van der Waals surface area contributed by atoms with Gasteiger partial charge in [0.25, 0.3) is 5.56 Å². The van der Waals surface area contributed by atoms with Crippen molar-refractivity contribution in [2.45, 2.75) is 84.3 Å². The lowest BCUT2D eigenvalue weighted by Crippen LogP contribution is -2.30. The normalized spacial score (nSPS) is 18.8. The summed E-state index contributed by atoms with van der Waals surface area (Å²) in [4.78, 5) is 21.3. The van der Waals surface area contributed by atoms with E-state index in [1.807, 2.05) is 20.8 Å². The average molecular weight is 536 g/mol.